The Balaban J connectivity index is 2.52. The molecule has 0 saturated carbocycles. The summed E-state index contributed by atoms with van der Waals surface area (Å²) in [5.41, 5.74) is 8.07. The van der Waals surface area contributed by atoms with Crippen molar-refractivity contribution in [1.29, 1.82) is 5.53 Å². The van der Waals surface area contributed by atoms with Crippen LogP contribution in [0.25, 0.3) is 0 Å². The standard InChI is InChI=1S/C9H11N3O4S/c1-12-7-4-8(13)6(11-10)2-5(7)3-9(12)17(14,15)16/h2,4,9-10,13H,3H2,1H3,(H,14,15,16). The predicted molar refractivity (Wildman–Crippen MR) is 60.4 cm³/mol. The van der Waals surface area contributed by atoms with E-state index in [0.717, 1.165) is 0 Å². The molecule has 1 atom stereocenters. The van der Waals surface area contributed by atoms with Gasteiger partial charge in [0.05, 0.1) is 0 Å². The highest BCUT2D eigenvalue weighted by Gasteiger charge is 2.36. The largest absolute Gasteiger partial charge is 0.506 e. The molecule has 92 valence electrons. The van der Waals surface area contributed by atoms with Gasteiger partial charge >= 0.3 is 0 Å². The summed E-state index contributed by atoms with van der Waals surface area (Å²) < 4.78 is 31.3. The summed E-state index contributed by atoms with van der Waals surface area (Å²) in [7, 11) is -2.67. The van der Waals surface area contributed by atoms with Gasteiger partial charge in [-0.15, -0.1) is 0 Å². The maximum absolute atomic E-state index is 11.1. The highest BCUT2D eigenvalue weighted by atomic mass is 32.2. The van der Waals surface area contributed by atoms with Gasteiger partial charge < -0.3 is 10.0 Å². The van der Waals surface area contributed by atoms with Gasteiger partial charge in [-0.1, -0.05) is 0 Å². The maximum atomic E-state index is 11.1. The minimum atomic E-state index is -4.19. The van der Waals surface area contributed by atoms with Crippen molar-refractivity contribution in [3.05, 3.63) is 17.7 Å². The van der Waals surface area contributed by atoms with E-state index in [0.29, 0.717) is 11.3 Å². The molecule has 1 aliphatic heterocycles. The lowest BCUT2D eigenvalue weighted by molar-refractivity contribution is 0.466. The van der Waals surface area contributed by atoms with Gasteiger partial charge in [-0.25, -0.2) is 5.53 Å². The summed E-state index contributed by atoms with van der Waals surface area (Å²) >= 11 is 0. The first-order valence-electron chi connectivity index (χ1n) is 4.77. The molecular formula is C9H11N3O4S. The number of fused-ring (bicyclic) bond motifs is 1. The summed E-state index contributed by atoms with van der Waals surface area (Å²) in [6.07, 6.45) is 0.105. The van der Waals surface area contributed by atoms with Crippen molar-refractivity contribution in [2.45, 2.75) is 11.8 Å². The number of anilines is 1. The topological polar surface area (TPSA) is 114 Å². The number of rotatable bonds is 2. The summed E-state index contributed by atoms with van der Waals surface area (Å²) in [5.74, 6) is -0.193. The molecule has 1 aromatic carbocycles. The van der Waals surface area contributed by atoms with E-state index in [1.807, 2.05) is 0 Å². The molecule has 1 aromatic rings. The first kappa shape index (κ1) is 11.8. The van der Waals surface area contributed by atoms with Crippen molar-refractivity contribution >= 4 is 21.5 Å². The average Bonchev–Trinajstić information content (AvgIpc) is 2.54. The summed E-state index contributed by atoms with van der Waals surface area (Å²) in [6.45, 7) is 0. The SMILES string of the molecule is CN1c2cc(O)c(N=N)cc2CC1S(=O)(=O)O. The van der Waals surface area contributed by atoms with Crippen LogP contribution in [0.5, 0.6) is 5.75 Å². The zero-order chi connectivity index (χ0) is 12.8. The van der Waals surface area contributed by atoms with Crippen molar-refractivity contribution in [3.63, 3.8) is 0 Å². The van der Waals surface area contributed by atoms with E-state index in [4.69, 9.17) is 10.1 Å². The van der Waals surface area contributed by atoms with Gasteiger partial charge in [0, 0.05) is 25.2 Å². The molecule has 0 fully saturated rings. The number of aromatic hydroxyl groups is 1. The van der Waals surface area contributed by atoms with Gasteiger partial charge in [0.15, 0.2) is 5.37 Å². The molecule has 0 saturated heterocycles. The first-order valence-corrected chi connectivity index (χ1v) is 6.27. The maximum Gasteiger partial charge on any atom is 0.286 e. The Morgan fingerprint density at radius 1 is 1.53 bits per heavy atom. The molecule has 0 radical (unpaired) electrons. The Hall–Kier alpha value is -1.67. The van der Waals surface area contributed by atoms with Crippen molar-refractivity contribution in [1.82, 2.24) is 0 Å². The number of phenolic OH excluding ortho intramolecular Hbond substituents is 1. The van der Waals surface area contributed by atoms with E-state index >= 15 is 0 Å². The fourth-order valence-electron chi connectivity index (χ4n) is 1.98. The second-order valence-electron chi connectivity index (χ2n) is 3.87. The van der Waals surface area contributed by atoms with Crippen molar-refractivity contribution < 1.29 is 18.1 Å². The third-order valence-corrected chi connectivity index (χ3v) is 4.02. The lowest BCUT2D eigenvalue weighted by Gasteiger charge is -2.19. The Labute approximate surface area is 97.9 Å². The Bertz CT molecular complexity index is 584. The molecular weight excluding hydrogens is 246 g/mol. The zero-order valence-corrected chi connectivity index (χ0v) is 9.77. The monoisotopic (exact) mass is 257 g/mol. The highest BCUT2D eigenvalue weighted by molar-refractivity contribution is 7.86. The molecule has 17 heavy (non-hydrogen) atoms. The molecule has 0 bridgehead atoms. The van der Waals surface area contributed by atoms with Crippen molar-refractivity contribution in [2.75, 3.05) is 11.9 Å². The van der Waals surface area contributed by atoms with Crippen LogP contribution in [-0.2, 0) is 16.5 Å². The molecule has 0 aromatic heterocycles. The van der Waals surface area contributed by atoms with Crippen LogP contribution in [0.1, 0.15) is 5.56 Å². The minimum Gasteiger partial charge on any atom is -0.506 e. The molecule has 0 amide bonds. The van der Waals surface area contributed by atoms with Gasteiger partial charge in [0.25, 0.3) is 10.1 Å². The molecule has 3 N–H and O–H groups in total. The number of benzene rings is 1. The van der Waals surface area contributed by atoms with E-state index in [1.165, 1.54) is 24.1 Å². The van der Waals surface area contributed by atoms with E-state index in [9.17, 15) is 13.5 Å². The van der Waals surface area contributed by atoms with Crippen LogP contribution < -0.4 is 4.90 Å². The average molecular weight is 257 g/mol. The summed E-state index contributed by atoms with van der Waals surface area (Å²) in [4.78, 5) is 1.37. The lowest BCUT2D eigenvalue weighted by atomic mass is 10.1. The number of phenols is 1. The van der Waals surface area contributed by atoms with Crippen LogP contribution in [0, 0.1) is 5.53 Å². The molecule has 8 heteroatoms. The Morgan fingerprint density at radius 3 is 2.71 bits per heavy atom. The third kappa shape index (κ3) is 1.85. The number of hydrogen-bond donors (Lipinski definition) is 3. The molecule has 0 spiro atoms. The normalized spacial score (nSPS) is 19.2. The number of hydrogen-bond acceptors (Lipinski definition) is 6. The van der Waals surface area contributed by atoms with Gasteiger partial charge in [-0.3, -0.25) is 4.55 Å². The number of nitrogens with zero attached hydrogens (tertiary/aromatic N) is 2. The third-order valence-electron chi connectivity index (χ3n) is 2.85. The van der Waals surface area contributed by atoms with Crippen LogP contribution in [0.4, 0.5) is 11.4 Å². The van der Waals surface area contributed by atoms with E-state index < -0.39 is 15.5 Å². The van der Waals surface area contributed by atoms with Crippen LogP contribution >= 0.6 is 0 Å². The van der Waals surface area contributed by atoms with Gasteiger partial charge in [0.2, 0.25) is 0 Å². The predicted octanol–water partition coefficient (Wildman–Crippen LogP) is 1.26. The molecule has 1 unspecified atom stereocenters. The quantitative estimate of drug-likeness (QED) is 0.545. The molecule has 1 heterocycles. The highest BCUT2D eigenvalue weighted by Crippen LogP contribution is 2.40. The van der Waals surface area contributed by atoms with E-state index in [1.54, 1.807) is 0 Å². The molecule has 0 aliphatic carbocycles. The minimum absolute atomic E-state index is 0.0770. The summed E-state index contributed by atoms with van der Waals surface area (Å²) in [6, 6.07) is 2.78. The second-order valence-corrected chi connectivity index (χ2v) is 5.44. The van der Waals surface area contributed by atoms with Crippen LogP contribution in [0.3, 0.4) is 0 Å². The van der Waals surface area contributed by atoms with Gasteiger partial charge in [-0.05, 0) is 11.6 Å². The van der Waals surface area contributed by atoms with Gasteiger partial charge in [-0.2, -0.15) is 13.5 Å². The van der Waals surface area contributed by atoms with Crippen LogP contribution in [-0.4, -0.2) is 30.5 Å². The Kier molecular flexibility index (Phi) is 2.55. The fraction of sp³-hybridized carbons (Fsp3) is 0.333. The molecule has 2 rings (SSSR count). The zero-order valence-electron chi connectivity index (χ0n) is 8.95. The van der Waals surface area contributed by atoms with Crippen LogP contribution in [0.2, 0.25) is 0 Å². The molecule has 7 nitrogen and oxygen atoms in total. The van der Waals surface area contributed by atoms with Crippen molar-refractivity contribution in [2.24, 2.45) is 5.11 Å². The summed E-state index contributed by atoms with van der Waals surface area (Å²) in [5, 5.41) is 11.6. The Morgan fingerprint density at radius 2 is 2.18 bits per heavy atom. The lowest BCUT2D eigenvalue weighted by Crippen LogP contribution is -2.35. The first-order chi connectivity index (χ1) is 7.84. The smallest absolute Gasteiger partial charge is 0.286 e. The fourth-order valence-corrected chi connectivity index (χ4v) is 2.88. The van der Waals surface area contributed by atoms with E-state index in [-0.39, 0.29) is 17.9 Å². The number of nitrogens with one attached hydrogen (secondary N) is 1. The molecule has 1 aliphatic rings. The van der Waals surface area contributed by atoms with Crippen LogP contribution in [0.15, 0.2) is 17.2 Å². The number of likely N-dealkylation sites (N-methyl/N-ethyl adjacent to an activating group) is 1. The van der Waals surface area contributed by atoms with Crippen molar-refractivity contribution in [3.8, 4) is 5.75 Å². The van der Waals surface area contributed by atoms with Gasteiger partial charge in [0.1, 0.15) is 11.4 Å². The second kappa shape index (κ2) is 3.67. The van der Waals surface area contributed by atoms with E-state index in [2.05, 4.69) is 5.11 Å².